The number of aromatic nitrogens is 4. The molecule has 0 spiro atoms. The molecule has 0 radical (unpaired) electrons. The van der Waals surface area contributed by atoms with Gasteiger partial charge in [-0.1, -0.05) is 24.3 Å². The van der Waals surface area contributed by atoms with Crippen molar-refractivity contribution in [3.63, 3.8) is 0 Å². The van der Waals surface area contributed by atoms with Crippen molar-refractivity contribution in [2.24, 2.45) is 21.1 Å². The molecule has 60 heavy (non-hydrogen) atoms. The number of fused-ring (bicyclic) bond motifs is 1. The number of carboxylic acid groups (broad SMARTS) is 2. The molecule has 17 nitrogen and oxygen atoms in total. The molecule has 3 amide bonds. The van der Waals surface area contributed by atoms with Crippen LogP contribution in [-0.2, 0) is 30.7 Å². The first-order valence-corrected chi connectivity index (χ1v) is 17.2. The van der Waals surface area contributed by atoms with Gasteiger partial charge in [-0.25, -0.2) is 9.59 Å². The van der Waals surface area contributed by atoms with E-state index in [0.717, 1.165) is 23.7 Å². The van der Waals surface area contributed by atoms with Gasteiger partial charge in [0.15, 0.2) is 0 Å². The molecule has 5 aromatic rings. The Hall–Kier alpha value is -7.17. The Bertz CT molecular complexity index is 2340. The molecular weight excluding hydrogens is 810 g/mol. The number of pyridine rings is 1. The second kappa shape index (κ2) is 20.0. The van der Waals surface area contributed by atoms with Crippen LogP contribution in [0.15, 0.2) is 73.3 Å². The summed E-state index contributed by atoms with van der Waals surface area (Å²) in [6.07, 6.45) is -2.57. The molecule has 0 saturated carbocycles. The number of halogens is 6. The largest absolute Gasteiger partial charge is 0.490 e. The fourth-order valence-corrected chi connectivity index (χ4v) is 5.08. The normalized spacial score (nSPS) is 11.1. The van der Waals surface area contributed by atoms with E-state index >= 15 is 0 Å². The number of nitrogens with zero attached hydrogens (tertiary/aromatic N) is 5. The van der Waals surface area contributed by atoms with E-state index in [1.807, 2.05) is 44.4 Å². The highest BCUT2D eigenvalue weighted by Crippen LogP contribution is 2.21. The number of amides is 3. The summed E-state index contributed by atoms with van der Waals surface area (Å²) in [6, 6.07) is 14.5. The summed E-state index contributed by atoms with van der Waals surface area (Å²) in [5.41, 5.74) is 3.06. The third kappa shape index (κ3) is 13.7. The predicted molar refractivity (Wildman–Crippen MR) is 207 cm³/mol. The van der Waals surface area contributed by atoms with E-state index in [1.165, 1.54) is 0 Å². The smallest absolute Gasteiger partial charge is 0.475 e. The van der Waals surface area contributed by atoms with Crippen molar-refractivity contribution in [3.8, 4) is 0 Å². The number of benzene rings is 1. The van der Waals surface area contributed by atoms with Crippen LogP contribution in [0.5, 0.6) is 0 Å². The van der Waals surface area contributed by atoms with Gasteiger partial charge < -0.3 is 50.1 Å². The van der Waals surface area contributed by atoms with Crippen molar-refractivity contribution in [1.29, 1.82) is 5.41 Å². The molecule has 0 unspecified atom stereocenters. The van der Waals surface area contributed by atoms with E-state index < -0.39 is 30.2 Å². The average Bonchev–Trinajstić information content (AvgIpc) is 3.83. The second-order valence-corrected chi connectivity index (χ2v) is 13.0. The number of aryl methyl sites for hydroxylation is 3. The number of alkyl halides is 6. The molecule has 322 valence electrons. The van der Waals surface area contributed by atoms with Crippen molar-refractivity contribution in [2.75, 3.05) is 43.1 Å². The van der Waals surface area contributed by atoms with Crippen LogP contribution in [0.4, 0.5) is 43.4 Å². The molecular formula is C37H40F6N10O7. The summed E-state index contributed by atoms with van der Waals surface area (Å²) < 4.78 is 68.4. The molecule has 7 N–H and O–H groups in total. The SMILES string of the molecule is CN(C)CCCNC(=O)c1cc(NC(=O)c2cc(NC(=O)c3cc(NC(=N)c4cc5ccccc5cn4)cn3C)cn2C)cn1C.O=C(O)C(F)(F)F.O=C(O)C(F)(F)F. The van der Waals surface area contributed by atoms with Gasteiger partial charge in [-0.2, -0.15) is 26.3 Å². The Labute approximate surface area is 337 Å². The zero-order valence-corrected chi connectivity index (χ0v) is 32.5. The van der Waals surface area contributed by atoms with E-state index in [2.05, 4.69) is 31.2 Å². The number of carboxylic acids is 2. The standard InChI is InChI=1S/C33H38N10O3.2C2HF3O2/c1-40(2)12-8-11-35-31(44)27-15-24(19-41(27)3)38-33(46)29-16-25(20-43(29)5)39-32(45)28-14-23(18-42(28)4)37-30(34)26-13-21-9-6-7-10-22(21)17-36-26;2*3-2(4,5)1(6)7/h6-7,9-10,13-20H,8,11-12H2,1-5H3,(H2,34,37)(H,35,44)(H,38,46)(H,39,45);2*(H,6,7). The number of carbonyl (C=O) groups is 5. The maximum Gasteiger partial charge on any atom is 0.490 e. The number of amidine groups is 1. The Balaban J connectivity index is 0.000000589. The highest BCUT2D eigenvalue weighted by molar-refractivity contribution is 6.09. The molecule has 0 aliphatic carbocycles. The maximum atomic E-state index is 13.2. The first-order valence-electron chi connectivity index (χ1n) is 17.2. The minimum absolute atomic E-state index is 0.105. The monoisotopic (exact) mass is 850 g/mol. The van der Waals surface area contributed by atoms with E-state index in [-0.39, 0.29) is 17.6 Å². The lowest BCUT2D eigenvalue weighted by atomic mass is 10.1. The summed E-state index contributed by atoms with van der Waals surface area (Å²) in [4.78, 5) is 63.2. The number of aliphatic carboxylic acids is 2. The molecule has 0 aliphatic heterocycles. The molecule has 5 rings (SSSR count). The van der Waals surface area contributed by atoms with Crippen LogP contribution in [0.3, 0.4) is 0 Å². The average molecular weight is 851 g/mol. The highest BCUT2D eigenvalue weighted by Gasteiger charge is 2.39. The van der Waals surface area contributed by atoms with Crippen LogP contribution >= 0.6 is 0 Å². The lowest BCUT2D eigenvalue weighted by Crippen LogP contribution is -2.28. The van der Waals surface area contributed by atoms with Gasteiger partial charge in [-0.05, 0) is 56.7 Å². The van der Waals surface area contributed by atoms with Crippen LogP contribution in [0.2, 0.25) is 0 Å². The fourth-order valence-electron chi connectivity index (χ4n) is 5.08. The topological polar surface area (TPSA) is 229 Å². The minimum Gasteiger partial charge on any atom is -0.475 e. The molecule has 0 atom stereocenters. The summed E-state index contributed by atoms with van der Waals surface area (Å²) in [7, 11) is 9.15. The maximum absolute atomic E-state index is 13.2. The van der Waals surface area contributed by atoms with Gasteiger partial charge in [0.1, 0.15) is 28.6 Å². The Kier molecular flexibility index (Phi) is 15.7. The number of rotatable bonds is 11. The summed E-state index contributed by atoms with van der Waals surface area (Å²) in [6.45, 7) is 1.42. The van der Waals surface area contributed by atoms with Gasteiger partial charge in [0.25, 0.3) is 17.7 Å². The number of anilines is 3. The zero-order valence-electron chi connectivity index (χ0n) is 32.5. The van der Waals surface area contributed by atoms with E-state index in [4.69, 9.17) is 25.2 Å². The molecule has 0 bridgehead atoms. The molecule has 1 aromatic carbocycles. The predicted octanol–water partition coefficient (Wildman–Crippen LogP) is 5.14. The quantitative estimate of drug-likeness (QED) is 0.0401. The van der Waals surface area contributed by atoms with Crippen molar-refractivity contribution in [2.45, 2.75) is 18.8 Å². The summed E-state index contributed by atoms with van der Waals surface area (Å²) in [5, 5.41) is 36.3. The molecule has 4 aromatic heterocycles. The van der Waals surface area contributed by atoms with Gasteiger partial charge in [0, 0.05) is 57.9 Å². The Morgan fingerprint density at radius 1 is 0.683 bits per heavy atom. The fraction of sp³-hybridized carbons (Fsp3) is 0.270. The van der Waals surface area contributed by atoms with Crippen molar-refractivity contribution < 1.29 is 60.5 Å². The summed E-state index contributed by atoms with van der Waals surface area (Å²) >= 11 is 0. The Morgan fingerprint density at radius 2 is 1.08 bits per heavy atom. The first-order chi connectivity index (χ1) is 27.9. The van der Waals surface area contributed by atoms with E-state index in [1.54, 1.807) is 77.8 Å². The Morgan fingerprint density at radius 3 is 1.50 bits per heavy atom. The molecule has 0 saturated heterocycles. The van der Waals surface area contributed by atoms with Gasteiger partial charge in [0.2, 0.25) is 0 Å². The third-order valence-electron chi connectivity index (χ3n) is 7.94. The second-order valence-electron chi connectivity index (χ2n) is 13.0. The molecule has 23 heteroatoms. The van der Waals surface area contributed by atoms with Crippen LogP contribution in [0.1, 0.15) is 43.6 Å². The van der Waals surface area contributed by atoms with Crippen molar-refractivity contribution >= 4 is 63.3 Å². The van der Waals surface area contributed by atoms with Crippen molar-refractivity contribution in [1.82, 2.24) is 28.9 Å². The summed E-state index contributed by atoms with van der Waals surface area (Å²) in [5.74, 6) is -6.40. The van der Waals surface area contributed by atoms with E-state index in [0.29, 0.717) is 46.4 Å². The van der Waals surface area contributed by atoms with Crippen LogP contribution in [0, 0.1) is 5.41 Å². The van der Waals surface area contributed by atoms with Gasteiger partial charge in [0.05, 0.1) is 17.1 Å². The van der Waals surface area contributed by atoms with Gasteiger partial charge in [-0.15, -0.1) is 0 Å². The van der Waals surface area contributed by atoms with Crippen LogP contribution < -0.4 is 21.3 Å². The highest BCUT2D eigenvalue weighted by atomic mass is 19.4. The lowest BCUT2D eigenvalue weighted by Gasteiger charge is -2.10. The number of hydrogen-bond donors (Lipinski definition) is 7. The first kappa shape index (κ1) is 47.2. The molecule has 4 heterocycles. The van der Waals surface area contributed by atoms with Gasteiger partial charge in [-0.3, -0.25) is 24.8 Å². The van der Waals surface area contributed by atoms with E-state index in [9.17, 15) is 40.7 Å². The third-order valence-corrected chi connectivity index (χ3v) is 7.94. The molecule has 0 aliphatic rings. The number of carbonyl (C=O) groups excluding carboxylic acids is 3. The molecule has 0 fully saturated rings. The van der Waals surface area contributed by atoms with Crippen LogP contribution in [0.25, 0.3) is 10.8 Å². The number of nitrogens with one attached hydrogen (secondary N) is 5. The van der Waals surface area contributed by atoms with Gasteiger partial charge >= 0.3 is 24.3 Å². The number of hydrogen-bond acceptors (Lipinski definition) is 8. The lowest BCUT2D eigenvalue weighted by molar-refractivity contribution is -0.193. The van der Waals surface area contributed by atoms with Crippen LogP contribution in [-0.4, -0.2) is 109 Å². The van der Waals surface area contributed by atoms with Crippen molar-refractivity contribution in [3.05, 3.63) is 96.1 Å². The minimum atomic E-state index is -5.08. The zero-order chi connectivity index (χ0) is 45.1.